The van der Waals surface area contributed by atoms with E-state index in [-0.39, 0.29) is 11.9 Å². The van der Waals surface area contributed by atoms with E-state index in [2.05, 4.69) is 5.32 Å². The van der Waals surface area contributed by atoms with Crippen molar-refractivity contribution < 1.29 is 9.13 Å². The van der Waals surface area contributed by atoms with Crippen molar-refractivity contribution >= 4 is 11.6 Å². The van der Waals surface area contributed by atoms with E-state index >= 15 is 0 Å². The Hall–Kier alpha value is -1.58. The molecule has 0 aromatic heterocycles. The molecule has 0 saturated carbocycles. The standard InChI is InChI=1S/C17H19ClFNO/c1-20-15(9-12-3-6-16(21-2)7-4-12)11-13-10-14(19)5-8-17(13)18/h3-8,10,15,20H,9,11H2,1-2H3. The number of likely N-dealkylation sites (N-methyl/N-ethyl adjacent to an activating group) is 1. The molecule has 0 heterocycles. The summed E-state index contributed by atoms with van der Waals surface area (Å²) < 4.78 is 18.5. The number of halogens is 2. The molecule has 0 fully saturated rings. The summed E-state index contributed by atoms with van der Waals surface area (Å²) in [6, 6.07) is 12.6. The van der Waals surface area contributed by atoms with Crippen LogP contribution in [-0.4, -0.2) is 20.2 Å². The molecule has 1 unspecified atom stereocenters. The van der Waals surface area contributed by atoms with Crippen LogP contribution in [-0.2, 0) is 12.8 Å². The van der Waals surface area contributed by atoms with E-state index < -0.39 is 0 Å². The Morgan fingerprint density at radius 3 is 2.48 bits per heavy atom. The highest BCUT2D eigenvalue weighted by molar-refractivity contribution is 6.31. The second-order valence-electron chi connectivity index (χ2n) is 4.98. The van der Waals surface area contributed by atoms with Crippen LogP contribution in [0.4, 0.5) is 4.39 Å². The molecule has 2 rings (SSSR count). The second kappa shape index (κ2) is 7.43. The number of rotatable bonds is 6. The van der Waals surface area contributed by atoms with Gasteiger partial charge in [0.15, 0.2) is 0 Å². The molecule has 4 heteroatoms. The first kappa shape index (κ1) is 15.8. The van der Waals surface area contributed by atoms with E-state index in [1.165, 1.54) is 17.7 Å². The van der Waals surface area contributed by atoms with E-state index in [0.29, 0.717) is 11.4 Å². The van der Waals surface area contributed by atoms with Crippen LogP contribution in [0.2, 0.25) is 5.02 Å². The van der Waals surface area contributed by atoms with Gasteiger partial charge in [-0.3, -0.25) is 0 Å². The minimum Gasteiger partial charge on any atom is -0.497 e. The summed E-state index contributed by atoms with van der Waals surface area (Å²) in [5.74, 6) is 0.585. The van der Waals surface area contributed by atoms with Gasteiger partial charge in [-0.15, -0.1) is 0 Å². The summed E-state index contributed by atoms with van der Waals surface area (Å²) in [6.45, 7) is 0. The van der Waals surface area contributed by atoms with E-state index in [1.54, 1.807) is 13.2 Å². The predicted molar refractivity (Wildman–Crippen MR) is 84.7 cm³/mol. The Balaban J connectivity index is 2.07. The van der Waals surface area contributed by atoms with Crippen molar-refractivity contribution in [2.24, 2.45) is 0 Å². The van der Waals surface area contributed by atoms with E-state index in [9.17, 15) is 4.39 Å². The highest BCUT2D eigenvalue weighted by Gasteiger charge is 2.11. The molecule has 21 heavy (non-hydrogen) atoms. The van der Waals surface area contributed by atoms with Crippen molar-refractivity contribution in [3.63, 3.8) is 0 Å². The maximum atomic E-state index is 13.3. The van der Waals surface area contributed by atoms with Gasteiger partial charge in [0, 0.05) is 11.1 Å². The highest BCUT2D eigenvalue weighted by atomic mass is 35.5. The van der Waals surface area contributed by atoms with Crippen LogP contribution in [0.3, 0.4) is 0 Å². The number of benzene rings is 2. The van der Waals surface area contributed by atoms with E-state index in [1.807, 2.05) is 31.3 Å². The zero-order valence-electron chi connectivity index (χ0n) is 12.2. The summed E-state index contributed by atoms with van der Waals surface area (Å²) in [6.07, 6.45) is 1.52. The number of hydrogen-bond acceptors (Lipinski definition) is 2. The molecule has 0 aliphatic rings. The third kappa shape index (κ3) is 4.45. The van der Waals surface area contributed by atoms with Gasteiger partial charge in [0.25, 0.3) is 0 Å². The summed E-state index contributed by atoms with van der Waals surface area (Å²) in [5, 5.41) is 3.87. The molecule has 1 atom stereocenters. The largest absolute Gasteiger partial charge is 0.497 e. The molecule has 112 valence electrons. The Bertz CT molecular complexity index is 586. The summed E-state index contributed by atoms with van der Waals surface area (Å²) >= 11 is 6.13. The van der Waals surface area contributed by atoms with Crippen LogP contribution in [0.5, 0.6) is 5.75 Å². The number of nitrogens with one attached hydrogen (secondary N) is 1. The first-order valence-electron chi connectivity index (χ1n) is 6.86. The lowest BCUT2D eigenvalue weighted by atomic mass is 9.99. The zero-order valence-corrected chi connectivity index (χ0v) is 13.0. The Kier molecular flexibility index (Phi) is 5.59. The van der Waals surface area contributed by atoms with Crippen molar-refractivity contribution in [2.75, 3.05) is 14.2 Å². The zero-order chi connectivity index (χ0) is 15.2. The molecular weight excluding hydrogens is 289 g/mol. The summed E-state index contributed by atoms with van der Waals surface area (Å²) in [5.41, 5.74) is 2.02. The highest BCUT2D eigenvalue weighted by Crippen LogP contribution is 2.20. The maximum absolute atomic E-state index is 13.3. The van der Waals surface area contributed by atoms with Crippen LogP contribution in [0.25, 0.3) is 0 Å². The minimum atomic E-state index is -0.256. The average molecular weight is 308 g/mol. The first-order chi connectivity index (χ1) is 10.1. The Morgan fingerprint density at radius 1 is 1.14 bits per heavy atom. The lowest BCUT2D eigenvalue weighted by Gasteiger charge is -2.17. The molecule has 0 aliphatic carbocycles. The quantitative estimate of drug-likeness (QED) is 0.875. The van der Waals surface area contributed by atoms with Crippen molar-refractivity contribution in [3.05, 3.63) is 64.4 Å². The number of ether oxygens (including phenoxy) is 1. The van der Waals surface area contributed by atoms with E-state index in [0.717, 1.165) is 17.7 Å². The van der Waals surface area contributed by atoms with E-state index in [4.69, 9.17) is 16.3 Å². The third-order valence-electron chi connectivity index (χ3n) is 3.52. The van der Waals surface area contributed by atoms with Crippen LogP contribution in [0.15, 0.2) is 42.5 Å². The Morgan fingerprint density at radius 2 is 1.86 bits per heavy atom. The molecule has 0 bridgehead atoms. The minimum absolute atomic E-state index is 0.192. The van der Waals surface area contributed by atoms with Gasteiger partial charge < -0.3 is 10.1 Å². The van der Waals surface area contributed by atoms with Gasteiger partial charge in [-0.1, -0.05) is 23.7 Å². The number of methoxy groups -OCH3 is 1. The van der Waals surface area contributed by atoms with Gasteiger partial charge >= 0.3 is 0 Å². The fourth-order valence-corrected chi connectivity index (χ4v) is 2.48. The van der Waals surface area contributed by atoms with Gasteiger partial charge in [-0.2, -0.15) is 0 Å². The molecule has 1 N–H and O–H groups in total. The third-order valence-corrected chi connectivity index (χ3v) is 3.89. The summed E-state index contributed by atoms with van der Waals surface area (Å²) in [7, 11) is 3.55. The molecule has 0 aliphatic heterocycles. The van der Waals surface area contributed by atoms with Crippen LogP contribution >= 0.6 is 11.6 Å². The second-order valence-corrected chi connectivity index (χ2v) is 5.38. The lowest BCUT2D eigenvalue weighted by molar-refractivity contribution is 0.414. The van der Waals surface area contributed by atoms with Gasteiger partial charge in [0.05, 0.1) is 7.11 Å². The van der Waals surface area contributed by atoms with Crippen molar-refractivity contribution in [2.45, 2.75) is 18.9 Å². The summed E-state index contributed by atoms with van der Waals surface area (Å²) in [4.78, 5) is 0. The average Bonchev–Trinajstić information content (AvgIpc) is 2.51. The smallest absolute Gasteiger partial charge is 0.123 e. The fraction of sp³-hybridized carbons (Fsp3) is 0.294. The topological polar surface area (TPSA) is 21.3 Å². The predicted octanol–water partition coefficient (Wildman–Crippen LogP) is 3.86. The SMILES string of the molecule is CNC(Cc1ccc(OC)cc1)Cc1cc(F)ccc1Cl. The normalized spacial score (nSPS) is 12.2. The van der Waals surface area contributed by atoms with Crippen LogP contribution < -0.4 is 10.1 Å². The Labute approximate surface area is 129 Å². The lowest BCUT2D eigenvalue weighted by Crippen LogP contribution is -2.30. The number of hydrogen-bond donors (Lipinski definition) is 1. The van der Waals surface area contributed by atoms with Gasteiger partial charge in [-0.25, -0.2) is 4.39 Å². The van der Waals surface area contributed by atoms with Crippen LogP contribution in [0.1, 0.15) is 11.1 Å². The van der Waals surface area contributed by atoms with Crippen molar-refractivity contribution in [3.8, 4) is 5.75 Å². The van der Waals surface area contributed by atoms with Gasteiger partial charge in [-0.05, 0) is 61.3 Å². The molecule has 0 spiro atoms. The monoisotopic (exact) mass is 307 g/mol. The molecule has 2 aromatic carbocycles. The fourth-order valence-electron chi connectivity index (χ4n) is 2.29. The molecule has 0 radical (unpaired) electrons. The molecule has 0 saturated heterocycles. The molecular formula is C17H19ClFNO. The van der Waals surface area contributed by atoms with Crippen molar-refractivity contribution in [1.82, 2.24) is 5.32 Å². The van der Waals surface area contributed by atoms with Gasteiger partial charge in [0.1, 0.15) is 11.6 Å². The first-order valence-corrected chi connectivity index (χ1v) is 7.24. The molecule has 2 aromatic rings. The van der Waals surface area contributed by atoms with Gasteiger partial charge in [0.2, 0.25) is 0 Å². The molecule has 2 nitrogen and oxygen atoms in total. The maximum Gasteiger partial charge on any atom is 0.123 e. The van der Waals surface area contributed by atoms with Crippen LogP contribution in [0, 0.1) is 5.82 Å². The van der Waals surface area contributed by atoms with Crippen molar-refractivity contribution in [1.29, 1.82) is 0 Å². The molecule has 0 amide bonds.